The van der Waals surface area contributed by atoms with Gasteiger partial charge in [0, 0.05) is 12.8 Å². The molecule has 1 aliphatic heterocycles. The molecule has 2 heteroatoms. The van der Waals surface area contributed by atoms with E-state index in [9.17, 15) is 0 Å². The highest BCUT2D eigenvalue weighted by Gasteiger charge is 2.42. The van der Waals surface area contributed by atoms with Crippen molar-refractivity contribution in [2.75, 3.05) is 6.61 Å². The molecule has 0 aromatic heterocycles. The Balaban J connectivity index is 2.05. The number of ether oxygens (including phenoxy) is 2. The molecule has 0 radical (unpaired) electrons. The second-order valence-electron chi connectivity index (χ2n) is 4.04. The van der Waals surface area contributed by atoms with Gasteiger partial charge in [-0.05, 0) is 12.3 Å². The summed E-state index contributed by atoms with van der Waals surface area (Å²) in [6.45, 7) is 6.63. The van der Waals surface area contributed by atoms with Crippen LogP contribution in [0.3, 0.4) is 0 Å². The van der Waals surface area contributed by atoms with E-state index in [0.717, 1.165) is 24.5 Å². The molecule has 1 saturated heterocycles. The van der Waals surface area contributed by atoms with Gasteiger partial charge in [-0.2, -0.15) is 0 Å². The second-order valence-corrected chi connectivity index (χ2v) is 4.04. The van der Waals surface area contributed by atoms with Crippen LogP contribution in [0.1, 0.15) is 32.6 Å². The lowest BCUT2D eigenvalue weighted by molar-refractivity contribution is -0.177. The summed E-state index contributed by atoms with van der Waals surface area (Å²) in [5.74, 6) is 1.24. The van der Waals surface area contributed by atoms with Gasteiger partial charge in [0.25, 0.3) is 0 Å². The Morgan fingerprint density at radius 2 is 2.42 bits per heavy atom. The van der Waals surface area contributed by atoms with E-state index in [2.05, 4.69) is 13.5 Å². The van der Waals surface area contributed by atoms with Gasteiger partial charge in [-0.1, -0.05) is 19.9 Å². The van der Waals surface area contributed by atoms with Gasteiger partial charge in [0.15, 0.2) is 0 Å². The van der Waals surface area contributed by atoms with Crippen LogP contribution in [-0.4, -0.2) is 12.4 Å². The molecule has 68 valence electrons. The predicted octanol–water partition coefficient (Wildman–Crippen LogP) is 2.45. The fourth-order valence-electron chi connectivity index (χ4n) is 2.21. The number of rotatable bonds is 0. The quantitative estimate of drug-likeness (QED) is 0.553. The molecule has 2 rings (SSSR count). The maximum Gasteiger partial charge on any atom is 0.210 e. The van der Waals surface area contributed by atoms with Crippen molar-refractivity contribution in [1.82, 2.24) is 0 Å². The normalized spacial score (nSPS) is 41.8. The molecule has 2 unspecified atom stereocenters. The molecular formula is C10H16O2. The van der Waals surface area contributed by atoms with Gasteiger partial charge in [-0.15, -0.1) is 0 Å². The molecule has 0 N–H and O–H groups in total. The molecule has 1 spiro atoms. The van der Waals surface area contributed by atoms with E-state index in [4.69, 9.17) is 9.47 Å². The first-order chi connectivity index (χ1) is 5.70. The van der Waals surface area contributed by atoms with Gasteiger partial charge in [0.1, 0.15) is 12.4 Å². The first kappa shape index (κ1) is 8.11. The van der Waals surface area contributed by atoms with E-state index in [1.807, 2.05) is 0 Å². The Morgan fingerprint density at radius 1 is 1.58 bits per heavy atom. The average molecular weight is 168 g/mol. The Kier molecular flexibility index (Phi) is 1.87. The molecule has 0 aromatic carbocycles. The van der Waals surface area contributed by atoms with Gasteiger partial charge in [0.2, 0.25) is 5.79 Å². The minimum atomic E-state index is -0.283. The highest BCUT2D eigenvalue weighted by atomic mass is 16.7. The van der Waals surface area contributed by atoms with Crippen LogP contribution in [0.5, 0.6) is 0 Å². The Labute approximate surface area is 73.5 Å². The highest BCUT2D eigenvalue weighted by Crippen LogP contribution is 2.40. The molecule has 0 amide bonds. The van der Waals surface area contributed by atoms with Crippen LogP contribution in [0.15, 0.2) is 12.3 Å². The summed E-state index contributed by atoms with van der Waals surface area (Å²) in [5.41, 5.74) is 0. The van der Waals surface area contributed by atoms with Crippen LogP contribution in [-0.2, 0) is 9.47 Å². The zero-order valence-corrected chi connectivity index (χ0v) is 7.64. The van der Waals surface area contributed by atoms with E-state index in [-0.39, 0.29) is 5.79 Å². The lowest BCUT2D eigenvalue weighted by Crippen LogP contribution is -2.35. The second kappa shape index (κ2) is 2.77. The maximum atomic E-state index is 5.64. The molecule has 12 heavy (non-hydrogen) atoms. The molecule has 1 heterocycles. The smallest absolute Gasteiger partial charge is 0.210 e. The minimum Gasteiger partial charge on any atom is -0.465 e. The molecule has 2 nitrogen and oxygen atoms in total. The fraction of sp³-hybridized carbons (Fsp3) is 0.800. The molecule has 2 aliphatic rings. The van der Waals surface area contributed by atoms with Gasteiger partial charge in [-0.3, -0.25) is 0 Å². The van der Waals surface area contributed by atoms with Crippen LogP contribution in [0.2, 0.25) is 0 Å². The van der Waals surface area contributed by atoms with Crippen molar-refractivity contribution in [2.45, 2.75) is 38.4 Å². The largest absolute Gasteiger partial charge is 0.465 e. The van der Waals surface area contributed by atoms with Crippen molar-refractivity contribution in [3.63, 3.8) is 0 Å². The zero-order valence-electron chi connectivity index (χ0n) is 7.64. The van der Waals surface area contributed by atoms with Gasteiger partial charge < -0.3 is 9.47 Å². The summed E-state index contributed by atoms with van der Waals surface area (Å²) in [6.07, 6.45) is 4.60. The van der Waals surface area contributed by atoms with Gasteiger partial charge >= 0.3 is 0 Å². The van der Waals surface area contributed by atoms with E-state index in [1.165, 1.54) is 12.8 Å². The number of hydrogen-bond donors (Lipinski definition) is 0. The summed E-state index contributed by atoms with van der Waals surface area (Å²) >= 11 is 0. The SMILES string of the molecule is C=C1COC2(CCCC(C)C2)O1. The first-order valence-corrected chi connectivity index (χ1v) is 4.71. The Hall–Kier alpha value is -0.500. The zero-order chi connectivity index (χ0) is 8.60. The third-order valence-corrected chi connectivity index (χ3v) is 2.74. The fourth-order valence-corrected chi connectivity index (χ4v) is 2.21. The van der Waals surface area contributed by atoms with Crippen LogP contribution in [0.25, 0.3) is 0 Å². The lowest BCUT2D eigenvalue weighted by Gasteiger charge is -2.34. The van der Waals surface area contributed by atoms with Crippen molar-refractivity contribution in [1.29, 1.82) is 0 Å². The van der Waals surface area contributed by atoms with Crippen LogP contribution in [0, 0.1) is 5.92 Å². The number of hydrogen-bond acceptors (Lipinski definition) is 2. The van der Waals surface area contributed by atoms with Crippen molar-refractivity contribution >= 4 is 0 Å². The monoisotopic (exact) mass is 168 g/mol. The van der Waals surface area contributed by atoms with Crippen molar-refractivity contribution in [2.24, 2.45) is 5.92 Å². The summed E-state index contributed by atoms with van der Waals surface area (Å²) in [5, 5.41) is 0. The molecular weight excluding hydrogens is 152 g/mol. The summed E-state index contributed by atoms with van der Waals surface area (Å²) in [7, 11) is 0. The minimum absolute atomic E-state index is 0.283. The summed E-state index contributed by atoms with van der Waals surface area (Å²) in [6, 6.07) is 0. The first-order valence-electron chi connectivity index (χ1n) is 4.71. The predicted molar refractivity (Wildman–Crippen MR) is 46.5 cm³/mol. The van der Waals surface area contributed by atoms with Crippen molar-refractivity contribution in [3.8, 4) is 0 Å². The summed E-state index contributed by atoms with van der Waals surface area (Å²) in [4.78, 5) is 0. The standard InChI is InChI=1S/C10H16O2/c1-8-4-3-5-10(6-8)11-7-9(2)12-10/h8H,2-7H2,1H3. The van der Waals surface area contributed by atoms with Crippen LogP contribution >= 0.6 is 0 Å². The van der Waals surface area contributed by atoms with Crippen LogP contribution < -0.4 is 0 Å². The Bertz CT molecular complexity index is 200. The highest BCUT2D eigenvalue weighted by molar-refractivity contribution is 4.95. The van der Waals surface area contributed by atoms with E-state index >= 15 is 0 Å². The maximum absolute atomic E-state index is 5.64. The van der Waals surface area contributed by atoms with Gasteiger partial charge in [-0.25, -0.2) is 0 Å². The third kappa shape index (κ3) is 1.36. The topological polar surface area (TPSA) is 18.5 Å². The average Bonchev–Trinajstić information content (AvgIpc) is 2.32. The lowest BCUT2D eigenvalue weighted by atomic mass is 9.86. The molecule has 0 aromatic rings. The van der Waals surface area contributed by atoms with Gasteiger partial charge in [0.05, 0.1) is 0 Å². The van der Waals surface area contributed by atoms with Crippen LogP contribution in [0.4, 0.5) is 0 Å². The summed E-state index contributed by atoms with van der Waals surface area (Å²) < 4.78 is 11.3. The molecule has 2 fully saturated rings. The van der Waals surface area contributed by atoms with E-state index in [0.29, 0.717) is 6.61 Å². The molecule has 2 atom stereocenters. The molecule has 1 saturated carbocycles. The Morgan fingerprint density at radius 3 is 3.00 bits per heavy atom. The van der Waals surface area contributed by atoms with E-state index in [1.54, 1.807) is 0 Å². The molecule has 0 bridgehead atoms. The van der Waals surface area contributed by atoms with E-state index < -0.39 is 0 Å². The van der Waals surface area contributed by atoms with Crippen molar-refractivity contribution < 1.29 is 9.47 Å². The van der Waals surface area contributed by atoms with Crippen molar-refractivity contribution in [3.05, 3.63) is 12.3 Å². The molecule has 1 aliphatic carbocycles. The third-order valence-electron chi connectivity index (χ3n) is 2.74.